The highest BCUT2D eigenvalue weighted by Gasteiger charge is 2.36. The molecular formula is C12H14N4O2S. The summed E-state index contributed by atoms with van der Waals surface area (Å²) in [6, 6.07) is 3.20. The molecule has 1 aromatic heterocycles. The lowest BCUT2D eigenvalue weighted by molar-refractivity contribution is -0.385. The molecule has 1 heterocycles. The Morgan fingerprint density at radius 2 is 2.42 bits per heavy atom. The van der Waals surface area contributed by atoms with Crippen LogP contribution in [0.4, 0.5) is 11.5 Å². The summed E-state index contributed by atoms with van der Waals surface area (Å²) < 4.78 is 0.218. The number of anilines is 1. The average Bonchev–Trinajstić information content (AvgIpc) is 2.37. The van der Waals surface area contributed by atoms with E-state index in [4.69, 9.17) is 5.26 Å². The van der Waals surface area contributed by atoms with Crippen molar-refractivity contribution in [2.75, 3.05) is 18.1 Å². The van der Waals surface area contributed by atoms with Crippen LogP contribution in [0.3, 0.4) is 0 Å². The fourth-order valence-electron chi connectivity index (χ4n) is 2.05. The summed E-state index contributed by atoms with van der Waals surface area (Å²) in [5, 5.41) is 22.8. The summed E-state index contributed by atoms with van der Waals surface area (Å²) in [5.41, 5.74) is 0.0510. The maximum atomic E-state index is 10.6. The number of pyridine rings is 1. The van der Waals surface area contributed by atoms with E-state index < -0.39 is 4.92 Å². The van der Waals surface area contributed by atoms with Crippen molar-refractivity contribution in [3.63, 3.8) is 0 Å². The first-order chi connectivity index (χ1) is 9.10. The van der Waals surface area contributed by atoms with Crippen LogP contribution in [0.5, 0.6) is 0 Å². The molecule has 0 atom stereocenters. The van der Waals surface area contributed by atoms with Crippen LogP contribution in [-0.2, 0) is 0 Å². The molecule has 0 bridgehead atoms. The fourth-order valence-corrected chi connectivity index (χ4v) is 2.96. The Labute approximate surface area is 115 Å². The molecule has 0 unspecified atom stereocenters. The van der Waals surface area contributed by atoms with Gasteiger partial charge in [0.15, 0.2) is 0 Å². The molecule has 0 spiro atoms. The standard InChI is InChI=1S/C12H14N4O2S/c1-19-12(3-2-4-12)8-15-11-9(6-13)5-10(7-14-11)16(17)18/h5,7H,2-4,8H2,1H3,(H,14,15). The zero-order valence-electron chi connectivity index (χ0n) is 10.5. The lowest BCUT2D eigenvalue weighted by Crippen LogP contribution is -2.40. The minimum atomic E-state index is -0.549. The largest absolute Gasteiger partial charge is 0.368 e. The van der Waals surface area contributed by atoms with Crippen molar-refractivity contribution in [2.45, 2.75) is 24.0 Å². The second-order valence-electron chi connectivity index (χ2n) is 4.55. The zero-order valence-corrected chi connectivity index (χ0v) is 11.4. The molecule has 0 aliphatic heterocycles. The molecule has 19 heavy (non-hydrogen) atoms. The summed E-state index contributed by atoms with van der Waals surface area (Å²) in [7, 11) is 0. The van der Waals surface area contributed by atoms with E-state index in [1.54, 1.807) is 0 Å². The molecule has 1 aliphatic carbocycles. The Bertz CT molecular complexity index is 532. The van der Waals surface area contributed by atoms with Gasteiger partial charge >= 0.3 is 0 Å². The van der Waals surface area contributed by atoms with Crippen LogP contribution in [0.25, 0.3) is 0 Å². The third-order valence-corrected chi connectivity index (χ3v) is 4.90. The maximum Gasteiger partial charge on any atom is 0.289 e. The predicted molar refractivity (Wildman–Crippen MR) is 74.2 cm³/mol. The van der Waals surface area contributed by atoms with Crippen LogP contribution >= 0.6 is 11.8 Å². The van der Waals surface area contributed by atoms with Crippen LogP contribution < -0.4 is 5.32 Å². The third kappa shape index (κ3) is 2.79. The average molecular weight is 278 g/mol. The van der Waals surface area contributed by atoms with Gasteiger partial charge in [-0.25, -0.2) is 4.98 Å². The number of nitrogens with zero attached hydrogens (tertiary/aromatic N) is 3. The molecule has 1 N–H and O–H groups in total. The Balaban J connectivity index is 2.12. The molecule has 100 valence electrons. The molecule has 7 heteroatoms. The van der Waals surface area contributed by atoms with Crippen LogP contribution in [0.2, 0.25) is 0 Å². The van der Waals surface area contributed by atoms with Gasteiger partial charge in [-0.15, -0.1) is 0 Å². The Hall–Kier alpha value is -1.81. The van der Waals surface area contributed by atoms with Crippen molar-refractivity contribution >= 4 is 23.3 Å². The van der Waals surface area contributed by atoms with Crippen LogP contribution in [-0.4, -0.2) is 27.5 Å². The van der Waals surface area contributed by atoms with E-state index in [9.17, 15) is 10.1 Å². The smallest absolute Gasteiger partial charge is 0.289 e. The van der Waals surface area contributed by atoms with Gasteiger partial charge in [0, 0.05) is 17.4 Å². The summed E-state index contributed by atoms with van der Waals surface area (Å²) >= 11 is 1.82. The number of nitriles is 1. The van der Waals surface area contributed by atoms with Gasteiger partial charge in [-0.05, 0) is 19.1 Å². The first-order valence-corrected chi connectivity index (χ1v) is 7.16. The molecule has 0 amide bonds. The highest BCUT2D eigenvalue weighted by atomic mass is 32.2. The minimum Gasteiger partial charge on any atom is -0.368 e. The normalized spacial score (nSPS) is 16.2. The highest BCUT2D eigenvalue weighted by Crippen LogP contribution is 2.42. The number of rotatable bonds is 5. The van der Waals surface area contributed by atoms with E-state index in [0.29, 0.717) is 5.82 Å². The molecule has 0 saturated heterocycles. The van der Waals surface area contributed by atoms with Crippen molar-refractivity contribution in [1.82, 2.24) is 4.98 Å². The van der Waals surface area contributed by atoms with Gasteiger partial charge in [-0.2, -0.15) is 17.0 Å². The second-order valence-corrected chi connectivity index (χ2v) is 5.83. The van der Waals surface area contributed by atoms with Gasteiger partial charge in [-0.1, -0.05) is 6.42 Å². The van der Waals surface area contributed by atoms with Crippen LogP contribution in [0, 0.1) is 21.4 Å². The molecule has 1 saturated carbocycles. The van der Waals surface area contributed by atoms with Crippen LogP contribution in [0.15, 0.2) is 12.3 Å². The molecular weight excluding hydrogens is 264 g/mol. The number of hydrogen-bond donors (Lipinski definition) is 1. The lowest BCUT2D eigenvalue weighted by atomic mass is 9.84. The number of aromatic nitrogens is 1. The highest BCUT2D eigenvalue weighted by molar-refractivity contribution is 8.00. The van der Waals surface area contributed by atoms with E-state index in [1.807, 2.05) is 17.8 Å². The van der Waals surface area contributed by atoms with Gasteiger partial charge in [0.1, 0.15) is 23.6 Å². The molecule has 0 aromatic carbocycles. The third-order valence-electron chi connectivity index (χ3n) is 3.48. The molecule has 6 nitrogen and oxygen atoms in total. The molecule has 1 fully saturated rings. The lowest BCUT2D eigenvalue weighted by Gasteiger charge is -2.40. The minimum absolute atomic E-state index is 0.162. The van der Waals surface area contributed by atoms with Gasteiger partial charge in [0.25, 0.3) is 5.69 Å². The van der Waals surface area contributed by atoms with E-state index in [-0.39, 0.29) is 16.0 Å². The number of thioether (sulfide) groups is 1. The Kier molecular flexibility index (Phi) is 3.90. The number of nitrogens with one attached hydrogen (secondary N) is 1. The van der Waals surface area contributed by atoms with E-state index in [1.165, 1.54) is 18.7 Å². The van der Waals surface area contributed by atoms with Crippen LogP contribution in [0.1, 0.15) is 24.8 Å². The summed E-state index contributed by atoms with van der Waals surface area (Å²) in [6.45, 7) is 0.730. The topological polar surface area (TPSA) is 91.8 Å². The summed E-state index contributed by atoms with van der Waals surface area (Å²) in [5.74, 6) is 0.424. The zero-order chi connectivity index (χ0) is 13.9. The molecule has 1 aromatic rings. The number of hydrogen-bond acceptors (Lipinski definition) is 6. The first-order valence-electron chi connectivity index (χ1n) is 5.94. The summed E-state index contributed by atoms with van der Waals surface area (Å²) in [4.78, 5) is 14.1. The van der Waals surface area contributed by atoms with Gasteiger partial charge in [-0.3, -0.25) is 10.1 Å². The Morgan fingerprint density at radius 1 is 1.68 bits per heavy atom. The van der Waals surface area contributed by atoms with E-state index in [2.05, 4.69) is 16.6 Å². The van der Waals surface area contributed by atoms with Crippen molar-refractivity contribution in [3.05, 3.63) is 27.9 Å². The monoisotopic (exact) mass is 278 g/mol. The van der Waals surface area contributed by atoms with Crippen molar-refractivity contribution in [3.8, 4) is 6.07 Å². The van der Waals surface area contributed by atoms with Crippen molar-refractivity contribution in [1.29, 1.82) is 5.26 Å². The van der Waals surface area contributed by atoms with Gasteiger partial charge < -0.3 is 5.32 Å². The number of nitro groups is 1. The molecule has 0 radical (unpaired) electrons. The predicted octanol–water partition coefficient (Wildman–Crippen LogP) is 2.56. The second kappa shape index (κ2) is 5.45. The molecule has 2 rings (SSSR count). The van der Waals surface area contributed by atoms with E-state index in [0.717, 1.165) is 19.4 Å². The molecule has 1 aliphatic rings. The van der Waals surface area contributed by atoms with E-state index >= 15 is 0 Å². The van der Waals surface area contributed by atoms with Gasteiger partial charge in [0.05, 0.1) is 4.92 Å². The van der Waals surface area contributed by atoms with Crippen molar-refractivity contribution in [2.24, 2.45) is 0 Å². The quantitative estimate of drug-likeness (QED) is 0.657. The fraction of sp³-hybridized carbons (Fsp3) is 0.500. The first kappa shape index (κ1) is 13.6. The van der Waals surface area contributed by atoms with Crippen molar-refractivity contribution < 1.29 is 4.92 Å². The maximum absolute atomic E-state index is 10.6. The SMILES string of the molecule is CSC1(CNc2ncc([N+](=O)[O-])cc2C#N)CCC1. The van der Waals surface area contributed by atoms with Gasteiger partial charge in [0.2, 0.25) is 0 Å². The Morgan fingerprint density at radius 3 is 2.89 bits per heavy atom. The summed E-state index contributed by atoms with van der Waals surface area (Å²) in [6.07, 6.45) is 6.78.